The van der Waals surface area contributed by atoms with E-state index in [0.717, 1.165) is 25.9 Å². The minimum atomic E-state index is 0.0697. The zero-order chi connectivity index (χ0) is 10.4. The maximum absolute atomic E-state index is 11.6. The van der Waals surface area contributed by atoms with Crippen molar-refractivity contribution >= 4 is 21.8 Å². The Hall–Kier alpha value is -0.0900. The average molecular weight is 264 g/mol. The predicted octanol–water partition coefficient (Wildman–Crippen LogP) is 1.70. The van der Waals surface area contributed by atoms with Crippen LogP contribution in [0, 0.1) is 5.92 Å². The third-order valence-corrected chi connectivity index (χ3v) is 3.44. The Bertz CT molecular complexity index is 181. The number of amides is 1. The molecular weight excluding hydrogens is 246 g/mol. The van der Waals surface area contributed by atoms with Gasteiger partial charge in [-0.1, -0.05) is 22.9 Å². The van der Waals surface area contributed by atoms with Crippen LogP contribution in [0.4, 0.5) is 0 Å². The van der Waals surface area contributed by atoms with Gasteiger partial charge in [-0.05, 0) is 19.3 Å². The summed E-state index contributed by atoms with van der Waals surface area (Å²) in [5.74, 6) is 0.211. The van der Waals surface area contributed by atoms with Crippen molar-refractivity contribution in [1.29, 1.82) is 0 Å². The van der Waals surface area contributed by atoms with Crippen LogP contribution in [-0.2, 0) is 9.53 Å². The molecule has 0 saturated carbocycles. The maximum Gasteiger partial charge on any atom is 0.225 e. The fourth-order valence-electron chi connectivity index (χ4n) is 1.45. The second kappa shape index (κ2) is 6.40. The highest BCUT2D eigenvalue weighted by Crippen LogP contribution is 2.13. The molecule has 1 saturated heterocycles. The van der Waals surface area contributed by atoms with Crippen LogP contribution in [0.1, 0.15) is 26.2 Å². The molecule has 0 radical (unpaired) electrons. The maximum atomic E-state index is 11.6. The van der Waals surface area contributed by atoms with E-state index in [0.29, 0.717) is 18.0 Å². The lowest BCUT2D eigenvalue weighted by atomic mass is 10.0. The van der Waals surface area contributed by atoms with Gasteiger partial charge in [0.2, 0.25) is 5.91 Å². The molecule has 1 aliphatic heterocycles. The van der Waals surface area contributed by atoms with Gasteiger partial charge in [-0.2, -0.15) is 0 Å². The van der Waals surface area contributed by atoms with Gasteiger partial charge in [0.1, 0.15) is 0 Å². The normalized spacial score (nSPS) is 24.3. The van der Waals surface area contributed by atoms with Gasteiger partial charge in [-0.15, -0.1) is 0 Å². The molecule has 1 fully saturated rings. The largest absolute Gasteiger partial charge is 0.381 e. The molecule has 2 atom stereocenters. The van der Waals surface area contributed by atoms with Gasteiger partial charge < -0.3 is 10.1 Å². The molecule has 0 aromatic carbocycles. The molecule has 1 N–H and O–H groups in total. The summed E-state index contributed by atoms with van der Waals surface area (Å²) in [4.78, 5) is 12.0. The zero-order valence-electron chi connectivity index (χ0n) is 8.59. The Balaban J connectivity index is 2.19. The molecule has 1 amide bonds. The van der Waals surface area contributed by atoms with E-state index in [2.05, 4.69) is 28.2 Å². The molecule has 1 rings (SSSR count). The lowest BCUT2D eigenvalue weighted by Gasteiger charge is -2.21. The summed E-state index contributed by atoms with van der Waals surface area (Å²) in [5.41, 5.74) is 0. The van der Waals surface area contributed by atoms with E-state index < -0.39 is 0 Å². The summed E-state index contributed by atoms with van der Waals surface area (Å²) < 4.78 is 5.26. The van der Waals surface area contributed by atoms with Gasteiger partial charge >= 0.3 is 0 Å². The molecule has 0 bridgehead atoms. The van der Waals surface area contributed by atoms with Gasteiger partial charge in [-0.3, -0.25) is 4.79 Å². The number of nitrogens with one attached hydrogen (secondary N) is 1. The van der Waals surface area contributed by atoms with Crippen LogP contribution in [0.3, 0.4) is 0 Å². The molecule has 0 aliphatic carbocycles. The van der Waals surface area contributed by atoms with Crippen LogP contribution in [0.5, 0.6) is 0 Å². The molecule has 0 aromatic heterocycles. The van der Waals surface area contributed by atoms with E-state index in [1.807, 2.05) is 0 Å². The third-order valence-electron chi connectivity index (χ3n) is 2.47. The molecule has 14 heavy (non-hydrogen) atoms. The lowest BCUT2D eigenvalue weighted by Crippen LogP contribution is -2.38. The molecule has 4 heteroatoms. The SMILES string of the molecule is CCC(Br)CNC(=O)C1CCCOC1. The Morgan fingerprint density at radius 2 is 2.50 bits per heavy atom. The van der Waals surface area contributed by atoms with Crippen LogP contribution >= 0.6 is 15.9 Å². The van der Waals surface area contributed by atoms with Crippen molar-refractivity contribution in [3.05, 3.63) is 0 Å². The number of hydrogen-bond acceptors (Lipinski definition) is 2. The summed E-state index contributed by atoms with van der Waals surface area (Å²) in [7, 11) is 0. The molecular formula is C10H18BrNO2. The van der Waals surface area contributed by atoms with E-state index >= 15 is 0 Å². The minimum Gasteiger partial charge on any atom is -0.381 e. The lowest BCUT2D eigenvalue weighted by molar-refractivity contribution is -0.128. The molecule has 1 aliphatic rings. The molecule has 3 nitrogen and oxygen atoms in total. The highest BCUT2D eigenvalue weighted by molar-refractivity contribution is 9.09. The van der Waals surface area contributed by atoms with Gasteiger partial charge in [0.25, 0.3) is 0 Å². The van der Waals surface area contributed by atoms with Crippen molar-refractivity contribution in [3.8, 4) is 0 Å². The summed E-state index contributed by atoms with van der Waals surface area (Å²) in [6.07, 6.45) is 3.00. The first-order valence-corrected chi connectivity index (χ1v) is 6.15. The average Bonchev–Trinajstić information content (AvgIpc) is 2.26. The summed E-state index contributed by atoms with van der Waals surface area (Å²) >= 11 is 3.48. The van der Waals surface area contributed by atoms with Crippen LogP contribution < -0.4 is 5.32 Å². The monoisotopic (exact) mass is 263 g/mol. The van der Waals surface area contributed by atoms with E-state index in [4.69, 9.17) is 4.74 Å². The molecule has 0 spiro atoms. The van der Waals surface area contributed by atoms with Crippen molar-refractivity contribution in [1.82, 2.24) is 5.32 Å². The highest BCUT2D eigenvalue weighted by Gasteiger charge is 2.21. The van der Waals surface area contributed by atoms with Gasteiger partial charge in [0.15, 0.2) is 0 Å². The fourth-order valence-corrected chi connectivity index (χ4v) is 1.61. The number of rotatable bonds is 4. The third kappa shape index (κ3) is 3.96. The van der Waals surface area contributed by atoms with Gasteiger partial charge in [-0.25, -0.2) is 0 Å². The first-order chi connectivity index (χ1) is 6.74. The highest BCUT2D eigenvalue weighted by atomic mass is 79.9. The Morgan fingerprint density at radius 1 is 1.71 bits per heavy atom. The second-order valence-electron chi connectivity index (χ2n) is 3.66. The summed E-state index contributed by atoms with van der Waals surface area (Å²) in [5, 5.41) is 2.94. The number of halogens is 1. The Morgan fingerprint density at radius 3 is 3.07 bits per heavy atom. The quantitative estimate of drug-likeness (QED) is 0.785. The topological polar surface area (TPSA) is 38.3 Å². The van der Waals surface area contributed by atoms with E-state index in [1.54, 1.807) is 0 Å². The number of carbonyl (C=O) groups excluding carboxylic acids is 1. The van der Waals surface area contributed by atoms with Crippen molar-refractivity contribution in [3.63, 3.8) is 0 Å². The van der Waals surface area contributed by atoms with Crippen LogP contribution in [0.25, 0.3) is 0 Å². The fraction of sp³-hybridized carbons (Fsp3) is 0.900. The number of hydrogen-bond donors (Lipinski definition) is 1. The van der Waals surface area contributed by atoms with E-state index in [-0.39, 0.29) is 11.8 Å². The molecule has 1 heterocycles. The first kappa shape index (κ1) is 12.0. The van der Waals surface area contributed by atoms with E-state index in [1.165, 1.54) is 0 Å². The van der Waals surface area contributed by atoms with Crippen molar-refractivity contribution in [2.45, 2.75) is 31.0 Å². The minimum absolute atomic E-state index is 0.0697. The number of alkyl halides is 1. The van der Waals surface area contributed by atoms with Crippen LogP contribution in [-0.4, -0.2) is 30.5 Å². The standard InChI is InChI=1S/C10H18BrNO2/c1-2-9(11)6-12-10(13)8-4-3-5-14-7-8/h8-9H,2-7H2,1H3,(H,12,13). The Labute approximate surface area is 93.7 Å². The predicted molar refractivity (Wildman–Crippen MR) is 59.6 cm³/mol. The summed E-state index contributed by atoms with van der Waals surface area (Å²) in [6, 6.07) is 0. The molecule has 2 unspecified atom stereocenters. The van der Waals surface area contributed by atoms with Crippen LogP contribution in [0.15, 0.2) is 0 Å². The zero-order valence-corrected chi connectivity index (χ0v) is 10.2. The number of carbonyl (C=O) groups is 1. The van der Waals surface area contributed by atoms with Gasteiger partial charge in [0, 0.05) is 18.0 Å². The number of ether oxygens (including phenoxy) is 1. The van der Waals surface area contributed by atoms with Gasteiger partial charge in [0.05, 0.1) is 12.5 Å². The smallest absolute Gasteiger partial charge is 0.225 e. The summed E-state index contributed by atoms with van der Waals surface area (Å²) in [6.45, 7) is 4.20. The van der Waals surface area contributed by atoms with Crippen LogP contribution in [0.2, 0.25) is 0 Å². The Kier molecular flexibility index (Phi) is 5.48. The first-order valence-electron chi connectivity index (χ1n) is 5.23. The van der Waals surface area contributed by atoms with E-state index in [9.17, 15) is 4.79 Å². The van der Waals surface area contributed by atoms with Crippen molar-refractivity contribution < 1.29 is 9.53 Å². The van der Waals surface area contributed by atoms with Crippen molar-refractivity contribution in [2.75, 3.05) is 19.8 Å². The van der Waals surface area contributed by atoms with Crippen molar-refractivity contribution in [2.24, 2.45) is 5.92 Å². The second-order valence-corrected chi connectivity index (χ2v) is 4.96. The molecule has 82 valence electrons. The molecule has 0 aromatic rings.